The fourth-order valence-electron chi connectivity index (χ4n) is 0.883. The molecule has 0 aliphatic heterocycles. The maximum absolute atomic E-state index is 11.5. The lowest BCUT2D eigenvalue weighted by atomic mass is 9.82. The zero-order chi connectivity index (χ0) is 11.6. The largest absolute Gasteiger partial charge is 0.479 e. The number of ketones is 1. The highest BCUT2D eigenvalue weighted by atomic mass is 16.4. The highest BCUT2D eigenvalue weighted by Gasteiger charge is 2.39. The van der Waals surface area contributed by atoms with Crippen molar-refractivity contribution in [2.24, 2.45) is 5.41 Å². The van der Waals surface area contributed by atoms with Gasteiger partial charge in [-0.3, -0.25) is 4.79 Å². The van der Waals surface area contributed by atoms with Crippen molar-refractivity contribution in [2.45, 2.75) is 46.1 Å². The van der Waals surface area contributed by atoms with Gasteiger partial charge in [0.1, 0.15) is 5.78 Å². The third-order valence-electron chi connectivity index (χ3n) is 2.27. The molecule has 14 heavy (non-hydrogen) atoms. The van der Waals surface area contributed by atoms with E-state index >= 15 is 0 Å². The van der Waals surface area contributed by atoms with Crippen LogP contribution in [0, 0.1) is 5.41 Å². The molecule has 0 heterocycles. The molecule has 1 atom stereocenters. The summed E-state index contributed by atoms with van der Waals surface area (Å²) in [4.78, 5) is 22.2. The van der Waals surface area contributed by atoms with Crippen LogP contribution in [0.5, 0.6) is 0 Å². The molecule has 4 nitrogen and oxygen atoms in total. The van der Waals surface area contributed by atoms with Crippen molar-refractivity contribution in [2.75, 3.05) is 0 Å². The topological polar surface area (TPSA) is 74.6 Å². The van der Waals surface area contributed by atoms with Crippen LogP contribution in [0.25, 0.3) is 0 Å². The fraction of sp³-hybridized carbons (Fsp3) is 0.800. The second-order valence-corrected chi connectivity index (χ2v) is 4.54. The second-order valence-electron chi connectivity index (χ2n) is 4.54. The number of aliphatic hydroxyl groups is 1. The summed E-state index contributed by atoms with van der Waals surface area (Å²) in [5.41, 5.74) is -2.52. The molecule has 0 saturated heterocycles. The Hall–Kier alpha value is -0.900. The van der Waals surface area contributed by atoms with E-state index in [1.54, 1.807) is 27.7 Å². The summed E-state index contributed by atoms with van der Waals surface area (Å²) in [7, 11) is 0. The molecule has 0 bridgehead atoms. The first-order chi connectivity index (χ1) is 6.13. The van der Waals surface area contributed by atoms with Gasteiger partial charge < -0.3 is 10.2 Å². The number of carbonyl (C=O) groups excluding carboxylic acids is 1. The molecule has 0 amide bonds. The van der Waals surface area contributed by atoms with E-state index in [2.05, 4.69) is 0 Å². The predicted molar refractivity (Wildman–Crippen MR) is 52.0 cm³/mol. The third kappa shape index (κ3) is 3.10. The average Bonchev–Trinajstić information content (AvgIpc) is 2.02. The van der Waals surface area contributed by atoms with Gasteiger partial charge in [-0.2, -0.15) is 0 Å². The molecule has 0 aliphatic rings. The molecule has 4 heteroatoms. The van der Waals surface area contributed by atoms with Crippen LogP contribution in [-0.2, 0) is 9.59 Å². The van der Waals surface area contributed by atoms with E-state index in [9.17, 15) is 14.7 Å². The van der Waals surface area contributed by atoms with Crippen molar-refractivity contribution in [1.82, 2.24) is 0 Å². The van der Waals surface area contributed by atoms with Crippen LogP contribution in [0.3, 0.4) is 0 Å². The van der Waals surface area contributed by atoms with Crippen LogP contribution < -0.4 is 0 Å². The van der Waals surface area contributed by atoms with Gasteiger partial charge in [-0.15, -0.1) is 0 Å². The Balaban J connectivity index is 4.65. The Morgan fingerprint density at radius 1 is 1.21 bits per heavy atom. The van der Waals surface area contributed by atoms with Gasteiger partial charge in [-0.25, -0.2) is 4.79 Å². The molecule has 0 aromatic carbocycles. The molecule has 0 fully saturated rings. The lowest BCUT2D eigenvalue weighted by Crippen LogP contribution is -2.42. The predicted octanol–water partition coefficient (Wildman–Crippen LogP) is 1.22. The molecule has 0 aromatic rings. The lowest BCUT2D eigenvalue weighted by molar-refractivity contribution is -0.162. The monoisotopic (exact) mass is 202 g/mol. The molecule has 0 aliphatic carbocycles. The molecule has 0 saturated carbocycles. The van der Waals surface area contributed by atoms with E-state index in [1.165, 1.54) is 0 Å². The van der Waals surface area contributed by atoms with Crippen molar-refractivity contribution in [3.05, 3.63) is 0 Å². The summed E-state index contributed by atoms with van der Waals surface area (Å²) in [5.74, 6) is -1.58. The number of Topliss-reactive ketones (excluding diaryl/α,β-unsaturated/α-hetero) is 1. The van der Waals surface area contributed by atoms with Gasteiger partial charge in [0.15, 0.2) is 5.60 Å². The summed E-state index contributed by atoms with van der Waals surface area (Å²) in [6.07, 6.45) is -0.299. The summed E-state index contributed by atoms with van der Waals surface area (Å²) in [5, 5.41) is 18.4. The standard InChI is InChI=1S/C10H18O4/c1-5-10(14,8(12)13)6-7(11)9(2,3)4/h14H,5-6H2,1-4H3,(H,12,13). The van der Waals surface area contributed by atoms with Crippen LogP contribution in [0.15, 0.2) is 0 Å². The number of rotatable bonds is 4. The number of carboxylic acids is 1. The molecule has 0 rings (SSSR count). The average molecular weight is 202 g/mol. The molecule has 0 aromatic heterocycles. The van der Waals surface area contributed by atoms with Crippen molar-refractivity contribution >= 4 is 11.8 Å². The molecular weight excluding hydrogens is 184 g/mol. The van der Waals surface area contributed by atoms with Crippen LogP contribution in [-0.4, -0.2) is 27.6 Å². The molecule has 1 unspecified atom stereocenters. The van der Waals surface area contributed by atoms with Gasteiger partial charge in [0, 0.05) is 11.8 Å². The Morgan fingerprint density at radius 2 is 1.64 bits per heavy atom. The smallest absolute Gasteiger partial charge is 0.336 e. The van der Waals surface area contributed by atoms with Crippen LogP contribution >= 0.6 is 0 Å². The van der Waals surface area contributed by atoms with Gasteiger partial charge in [0.25, 0.3) is 0 Å². The maximum atomic E-state index is 11.5. The first kappa shape index (κ1) is 13.1. The van der Waals surface area contributed by atoms with E-state index in [4.69, 9.17) is 5.11 Å². The molecule has 0 radical (unpaired) electrons. The van der Waals surface area contributed by atoms with Gasteiger partial charge in [0.05, 0.1) is 0 Å². The second kappa shape index (κ2) is 4.09. The summed E-state index contributed by atoms with van der Waals surface area (Å²) in [6, 6.07) is 0. The van der Waals surface area contributed by atoms with E-state index in [-0.39, 0.29) is 18.6 Å². The maximum Gasteiger partial charge on any atom is 0.336 e. The van der Waals surface area contributed by atoms with Crippen LogP contribution in [0.4, 0.5) is 0 Å². The Morgan fingerprint density at radius 3 is 1.86 bits per heavy atom. The van der Waals surface area contributed by atoms with Crippen molar-refractivity contribution in [1.29, 1.82) is 0 Å². The summed E-state index contributed by atoms with van der Waals surface area (Å²) >= 11 is 0. The van der Waals surface area contributed by atoms with Gasteiger partial charge in [-0.1, -0.05) is 27.7 Å². The normalized spacial score (nSPS) is 16.1. The minimum atomic E-state index is -1.91. The first-order valence-corrected chi connectivity index (χ1v) is 4.62. The number of hydrogen-bond acceptors (Lipinski definition) is 3. The Bertz CT molecular complexity index is 239. The third-order valence-corrected chi connectivity index (χ3v) is 2.27. The molecular formula is C10H18O4. The minimum absolute atomic E-state index is 0.0319. The first-order valence-electron chi connectivity index (χ1n) is 4.62. The number of carbonyl (C=O) groups is 2. The van der Waals surface area contributed by atoms with Crippen molar-refractivity contribution in [3.8, 4) is 0 Å². The highest BCUT2D eigenvalue weighted by molar-refractivity contribution is 5.90. The Labute approximate surface area is 83.9 Å². The van der Waals surface area contributed by atoms with E-state index < -0.39 is 17.0 Å². The van der Waals surface area contributed by atoms with E-state index in [0.717, 1.165) is 0 Å². The Kier molecular flexibility index (Phi) is 3.82. The summed E-state index contributed by atoms with van der Waals surface area (Å²) in [6.45, 7) is 6.65. The minimum Gasteiger partial charge on any atom is -0.479 e. The van der Waals surface area contributed by atoms with E-state index in [0.29, 0.717) is 0 Å². The quantitative estimate of drug-likeness (QED) is 0.718. The number of carboxylic acid groups (broad SMARTS) is 1. The van der Waals surface area contributed by atoms with Gasteiger partial charge in [0.2, 0.25) is 0 Å². The van der Waals surface area contributed by atoms with Crippen molar-refractivity contribution < 1.29 is 19.8 Å². The number of hydrogen-bond donors (Lipinski definition) is 2. The van der Waals surface area contributed by atoms with Crippen molar-refractivity contribution in [3.63, 3.8) is 0 Å². The fourth-order valence-corrected chi connectivity index (χ4v) is 0.883. The highest BCUT2D eigenvalue weighted by Crippen LogP contribution is 2.24. The lowest BCUT2D eigenvalue weighted by Gasteiger charge is -2.25. The SMILES string of the molecule is CCC(O)(CC(=O)C(C)(C)C)C(=O)O. The molecule has 0 spiro atoms. The zero-order valence-electron chi connectivity index (χ0n) is 9.13. The van der Waals surface area contributed by atoms with Gasteiger partial charge in [-0.05, 0) is 6.42 Å². The van der Waals surface area contributed by atoms with E-state index in [1.807, 2.05) is 0 Å². The number of aliphatic carboxylic acids is 1. The molecule has 2 N–H and O–H groups in total. The van der Waals surface area contributed by atoms with Crippen LogP contribution in [0.2, 0.25) is 0 Å². The summed E-state index contributed by atoms with van der Waals surface area (Å²) < 4.78 is 0. The van der Waals surface area contributed by atoms with Gasteiger partial charge >= 0.3 is 5.97 Å². The van der Waals surface area contributed by atoms with Crippen LogP contribution in [0.1, 0.15) is 40.5 Å². The zero-order valence-corrected chi connectivity index (χ0v) is 9.13. The molecule has 82 valence electrons.